The summed E-state index contributed by atoms with van der Waals surface area (Å²) in [5.74, 6) is 0. The van der Waals surface area contributed by atoms with Crippen LogP contribution in [0.1, 0.15) is 128 Å². The van der Waals surface area contributed by atoms with Crippen LogP contribution in [0.4, 0.5) is 0 Å². The minimum atomic E-state index is 0.922. The van der Waals surface area contributed by atoms with Crippen molar-refractivity contribution in [3.8, 4) is 0 Å². The number of aryl methyl sites for hydroxylation is 8. The molecule has 0 aromatic carbocycles. The van der Waals surface area contributed by atoms with Crippen LogP contribution < -0.4 is 0 Å². The fourth-order valence-electron chi connectivity index (χ4n) is 2.37. The van der Waals surface area contributed by atoms with Gasteiger partial charge in [0.2, 0.25) is 0 Å². The van der Waals surface area contributed by atoms with Gasteiger partial charge in [0.25, 0.3) is 0 Å². The third-order valence-electron chi connectivity index (χ3n) is 5.77. The van der Waals surface area contributed by atoms with Crippen LogP contribution in [0.5, 0.6) is 0 Å². The molecule has 4 N–H and O–H groups in total. The Morgan fingerprint density at radius 1 is 0.556 bits per heavy atom. The summed E-state index contributed by atoms with van der Waals surface area (Å²) in [6.07, 6.45) is 9.56. The molecule has 5 heterocycles. The number of hydrogen-bond acceptors (Lipinski definition) is 4. The number of H-pyrrole nitrogens is 4. The molecule has 5 rings (SSSR count). The second-order valence-electron chi connectivity index (χ2n) is 8.65. The number of nitrogens with zero attached hydrogens (tertiary/aromatic N) is 4. The predicted octanol–water partition coefficient (Wildman–Crippen LogP) is 11.2. The average Bonchev–Trinajstić information content (AvgIpc) is 3.92. The number of aromatic amines is 4. The van der Waals surface area contributed by atoms with Crippen LogP contribution in [0.2, 0.25) is 0 Å². The molecule has 0 saturated heterocycles. The van der Waals surface area contributed by atoms with E-state index in [1.807, 2.05) is 122 Å². The van der Waals surface area contributed by atoms with Crippen LogP contribution in [0.25, 0.3) is 0 Å². The second kappa shape index (κ2) is 36.5. The zero-order valence-electron chi connectivity index (χ0n) is 33.0. The number of rotatable bonds is 0. The van der Waals surface area contributed by atoms with Crippen LogP contribution >= 0.6 is 0 Å². The summed E-state index contributed by atoms with van der Waals surface area (Å²) < 4.78 is 0. The lowest BCUT2D eigenvalue weighted by molar-refractivity contribution is 0.921. The Hall–Kier alpha value is -3.68. The Balaban J connectivity index is -0.000000138. The normalized spacial score (nSPS) is 9.51. The molecule has 8 nitrogen and oxygen atoms in total. The molecule has 8 heteroatoms. The summed E-state index contributed by atoms with van der Waals surface area (Å²) in [7, 11) is 0. The maximum Gasteiger partial charge on any atom is 0.0925 e. The molecule has 0 aliphatic carbocycles. The minimum absolute atomic E-state index is 0.922. The zero-order valence-corrected chi connectivity index (χ0v) is 33.0. The van der Waals surface area contributed by atoms with Gasteiger partial charge in [0.05, 0.1) is 30.0 Å². The largest absolute Gasteiger partial charge is 0.367 e. The minimum Gasteiger partial charge on any atom is -0.367 e. The van der Waals surface area contributed by atoms with E-state index in [4.69, 9.17) is 0 Å². The average molecular weight is 629 g/mol. The molecule has 4 aromatic rings. The Kier molecular flexibility index (Phi) is 41.3. The number of aromatic nitrogens is 7. The molecule has 0 radical (unpaired) electrons. The molecule has 0 unspecified atom stereocenters. The molecule has 4 aromatic heterocycles. The van der Waals surface area contributed by atoms with Crippen molar-refractivity contribution in [3.05, 3.63) is 87.3 Å². The monoisotopic (exact) mass is 629 g/mol. The van der Waals surface area contributed by atoms with Crippen molar-refractivity contribution >= 4 is 6.21 Å². The van der Waals surface area contributed by atoms with Gasteiger partial charge in [-0.2, -0.15) is 15.4 Å². The molecule has 0 saturated carbocycles. The molecule has 0 amide bonds. The number of nitrogens with one attached hydrogen (secondary N) is 4. The lowest BCUT2D eigenvalue weighted by atomic mass is 10.2. The van der Waals surface area contributed by atoms with Gasteiger partial charge in [-0.15, -0.1) is 0 Å². The van der Waals surface area contributed by atoms with Crippen molar-refractivity contribution in [2.24, 2.45) is 4.99 Å². The second-order valence-corrected chi connectivity index (χ2v) is 8.65. The summed E-state index contributed by atoms with van der Waals surface area (Å²) in [6, 6.07) is 2.06. The van der Waals surface area contributed by atoms with Gasteiger partial charge in [0, 0.05) is 36.2 Å². The molecule has 0 fully saturated rings. The van der Waals surface area contributed by atoms with Crippen molar-refractivity contribution in [2.45, 2.75) is 138 Å². The molecular formula is C37H72N8. The lowest BCUT2D eigenvalue weighted by Gasteiger charge is -1.85. The number of imidazole rings is 1. The first-order valence-corrected chi connectivity index (χ1v) is 16.7. The molecule has 1 aliphatic rings. The summed E-state index contributed by atoms with van der Waals surface area (Å²) in [4.78, 5) is 17.0. The van der Waals surface area contributed by atoms with Crippen LogP contribution in [0.3, 0.4) is 0 Å². The highest BCUT2D eigenvalue weighted by Crippen LogP contribution is 2.06. The summed E-state index contributed by atoms with van der Waals surface area (Å²) >= 11 is 0. The van der Waals surface area contributed by atoms with Gasteiger partial charge in [-0.1, -0.05) is 69.2 Å². The summed E-state index contributed by atoms with van der Waals surface area (Å²) in [5.41, 5.74) is 12.2. The molecule has 1 aliphatic heterocycles. The molecule has 0 atom stereocenters. The van der Waals surface area contributed by atoms with E-state index in [9.17, 15) is 0 Å². The molecule has 0 bridgehead atoms. The number of allylic oxidation sites excluding steroid dienone is 1. The van der Waals surface area contributed by atoms with E-state index in [0.29, 0.717) is 0 Å². The molecule has 45 heavy (non-hydrogen) atoms. The van der Waals surface area contributed by atoms with E-state index in [0.717, 1.165) is 29.3 Å². The Labute approximate surface area is 278 Å². The first-order chi connectivity index (χ1) is 21.5. The van der Waals surface area contributed by atoms with Gasteiger partial charge in [0.1, 0.15) is 0 Å². The molecular weight excluding hydrogens is 556 g/mol. The third-order valence-corrected chi connectivity index (χ3v) is 5.77. The van der Waals surface area contributed by atoms with E-state index in [2.05, 4.69) is 87.9 Å². The smallest absolute Gasteiger partial charge is 0.0925 e. The van der Waals surface area contributed by atoms with E-state index in [1.54, 1.807) is 6.33 Å². The number of aliphatic imine (C=N–C) groups is 1. The van der Waals surface area contributed by atoms with Crippen LogP contribution in [0.15, 0.2) is 47.1 Å². The van der Waals surface area contributed by atoms with Crippen LogP contribution in [-0.2, 0) is 0 Å². The van der Waals surface area contributed by atoms with Gasteiger partial charge in [-0.05, 0) is 103 Å². The summed E-state index contributed by atoms with van der Waals surface area (Å²) in [6.45, 7) is 41.3. The maximum absolute atomic E-state index is 4.05. The van der Waals surface area contributed by atoms with Crippen LogP contribution in [0, 0.1) is 55.4 Å². The van der Waals surface area contributed by atoms with Crippen molar-refractivity contribution in [3.63, 3.8) is 0 Å². The van der Waals surface area contributed by atoms with E-state index >= 15 is 0 Å². The Morgan fingerprint density at radius 2 is 1.02 bits per heavy atom. The third kappa shape index (κ3) is 27.6. The Morgan fingerprint density at radius 3 is 1.13 bits per heavy atom. The lowest BCUT2D eigenvalue weighted by Crippen LogP contribution is -1.76. The standard InChI is InChI=1S/3C6H9N.C5H8N2.C4H7N3.5C2H6/c2*1-5-3-7-4-6(5)2;1-5-3-4-7-6(5)2;1-4-5(2)7-3-6-4;1-3-4(2)6-7-5-3;5*1-2/h3H,4H2,1-2H3;2*3-4,7H,1-2H3;3H,1-2H3,(H,6,7);1-2H3,(H,5,6,7);5*1-2H3. The highest BCUT2D eigenvalue weighted by Gasteiger charge is 1.97. The SMILES string of the molecule is CC.CC.CC.CC.CC.CC1=C(C)CN=C1.Cc1c[nH]cc1C.Cc1cc[nH]c1C.Cc1n[nH]nc1C.Cc1nc[nH]c1C. The fourth-order valence-corrected chi connectivity index (χ4v) is 2.37. The van der Waals surface area contributed by atoms with Crippen molar-refractivity contribution in [1.29, 1.82) is 0 Å². The van der Waals surface area contributed by atoms with Crippen LogP contribution in [-0.4, -0.2) is 48.1 Å². The van der Waals surface area contributed by atoms with Gasteiger partial charge in [-0.3, -0.25) is 4.99 Å². The highest BCUT2D eigenvalue weighted by molar-refractivity contribution is 5.81. The van der Waals surface area contributed by atoms with Gasteiger partial charge in [-0.25, -0.2) is 4.98 Å². The van der Waals surface area contributed by atoms with Gasteiger partial charge in [0.15, 0.2) is 0 Å². The van der Waals surface area contributed by atoms with Crippen molar-refractivity contribution < 1.29 is 0 Å². The van der Waals surface area contributed by atoms with Crippen molar-refractivity contribution in [1.82, 2.24) is 35.3 Å². The predicted molar refractivity (Wildman–Crippen MR) is 203 cm³/mol. The van der Waals surface area contributed by atoms with E-state index in [-0.39, 0.29) is 0 Å². The quantitative estimate of drug-likeness (QED) is 0.155. The van der Waals surface area contributed by atoms with Crippen molar-refractivity contribution in [2.75, 3.05) is 6.54 Å². The number of hydrogen-bond donors (Lipinski definition) is 4. The zero-order chi connectivity index (χ0) is 36.4. The van der Waals surface area contributed by atoms with E-state index in [1.165, 1.54) is 33.5 Å². The first kappa shape index (κ1) is 50.9. The molecule has 260 valence electrons. The highest BCUT2D eigenvalue weighted by atomic mass is 15.3. The summed E-state index contributed by atoms with van der Waals surface area (Å²) in [5, 5.41) is 10.1. The first-order valence-electron chi connectivity index (χ1n) is 16.7. The topological polar surface area (TPSA) is 114 Å². The maximum atomic E-state index is 4.05. The molecule has 0 spiro atoms. The van der Waals surface area contributed by atoms with Gasteiger partial charge < -0.3 is 15.0 Å². The van der Waals surface area contributed by atoms with Gasteiger partial charge >= 0.3 is 0 Å². The van der Waals surface area contributed by atoms with E-state index < -0.39 is 0 Å². The fraction of sp³-hybridized carbons (Fsp3) is 0.568. The Bertz CT molecular complexity index is 968.